The highest BCUT2D eigenvalue weighted by molar-refractivity contribution is 5.86. The van der Waals surface area contributed by atoms with Crippen molar-refractivity contribution in [3.63, 3.8) is 0 Å². The van der Waals surface area contributed by atoms with Gasteiger partial charge in [0.15, 0.2) is 0 Å². The summed E-state index contributed by atoms with van der Waals surface area (Å²) in [5, 5.41) is 3.10. The third-order valence-corrected chi connectivity index (χ3v) is 2.50. The van der Waals surface area contributed by atoms with Crippen LogP contribution in [0.25, 0.3) is 0 Å². The van der Waals surface area contributed by atoms with E-state index in [1.54, 1.807) is 19.0 Å². The molecule has 0 aromatic rings. The number of rotatable bonds is 2. The Labute approximate surface area is 67.8 Å². The fourth-order valence-electron chi connectivity index (χ4n) is 1.53. The standard InChI is InChI=1S/C8H16N2O/c1-9-8(5-4-6-8)7(11)10(2)3/h9H,4-6H2,1-3H3. The van der Waals surface area contributed by atoms with Gasteiger partial charge in [0.25, 0.3) is 0 Å². The van der Waals surface area contributed by atoms with Gasteiger partial charge in [-0.3, -0.25) is 4.79 Å². The van der Waals surface area contributed by atoms with Crippen molar-refractivity contribution in [1.82, 2.24) is 10.2 Å². The Morgan fingerprint density at radius 3 is 2.09 bits per heavy atom. The molecule has 0 aromatic heterocycles. The molecule has 0 radical (unpaired) electrons. The highest BCUT2D eigenvalue weighted by Crippen LogP contribution is 2.32. The van der Waals surface area contributed by atoms with E-state index in [9.17, 15) is 4.79 Å². The van der Waals surface area contributed by atoms with Crippen LogP contribution in [-0.2, 0) is 4.79 Å². The average Bonchev–Trinajstić information content (AvgIpc) is 1.86. The second kappa shape index (κ2) is 2.81. The first-order valence-corrected chi connectivity index (χ1v) is 4.03. The van der Waals surface area contributed by atoms with Gasteiger partial charge in [-0.05, 0) is 26.3 Å². The summed E-state index contributed by atoms with van der Waals surface area (Å²) in [6.07, 6.45) is 3.14. The Balaban J connectivity index is 2.62. The van der Waals surface area contributed by atoms with Crippen molar-refractivity contribution in [2.75, 3.05) is 21.1 Å². The summed E-state index contributed by atoms with van der Waals surface area (Å²) in [5.74, 6) is 0.214. The molecular formula is C8H16N2O. The van der Waals surface area contributed by atoms with Gasteiger partial charge in [0, 0.05) is 14.1 Å². The van der Waals surface area contributed by atoms with Crippen molar-refractivity contribution >= 4 is 5.91 Å². The van der Waals surface area contributed by atoms with E-state index in [-0.39, 0.29) is 11.4 Å². The Morgan fingerprint density at radius 1 is 1.45 bits per heavy atom. The van der Waals surface area contributed by atoms with Crippen LogP contribution in [0.2, 0.25) is 0 Å². The van der Waals surface area contributed by atoms with Crippen molar-refractivity contribution in [1.29, 1.82) is 0 Å². The van der Waals surface area contributed by atoms with E-state index in [1.807, 2.05) is 7.05 Å². The lowest BCUT2D eigenvalue weighted by molar-refractivity contribution is -0.139. The fraction of sp³-hybridized carbons (Fsp3) is 0.875. The lowest BCUT2D eigenvalue weighted by atomic mass is 9.76. The van der Waals surface area contributed by atoms with Gasteiger partial charge in [-0.25, -0.2) is 0 Å². The number of carbonyl (C=O) groups is 1. The molecule has 1 amide bonds. The summed E-state index contributed by atoms with van der Waals surface area (Å²) in [5.41, 5.74) is -0.219. The first-order valence-electron chi connectivity index (χ1n) is 4.03. The zero-order valence-corrected chi connectivity index (χ0v) is 7.48. The van der Waals surface area contributed by atoms with Gasteiger partial charge >= 0.3 is 0 Å². The molecule has 0 heterocycles. The topological polar surface area (TPSA) is 32.3 Å². The SMILES string of the molecule is CNC1(C(=O)N(C)C)CCC1. The maximum absolute atomic E-state index is 11.5. The van der Waals surface area contributed by atoms with Crippen molar-refractivity contribution in [2.24, 2.45) is 0 Å². The molecular weight excluding hydrogens is 140 g/mol. The predicted octanol–water partition coefficient (Wildman–Crippen LogP) is 0.217. The second-order valence-corrected chi connectivity index (χ2v) is 3.39. The number of nitrogens with zero attached hydrogens (tertiary/aromatic N) is 1. The summed E-state index contributed by atoms with van der Waals surface area (Å²) in [6, 6.07) is 0. The molecule has 3 nitrogen and oxygen atoms in total. The van der Waals surface area contributed by atoms with Crippen LogP contribution in [0, 0.1) is 0 Å². The minimum absolute atomic E-state index is 0.214. The molecule has 1 aliphatic carbocycles. The summed E-state index contributed by atoms with van der Waals surface area (Å²) >= 11 is 0. The third-order valence-electron chi connectivity index (χ3n) is 2.50. The number of nitrogens with one attached hydrogen (secondary N) is 1. The Morgan fingerprint density at radius 2 is 2.00 bits per heavy atom. The molecule has 64 valence electrons. The minimum Gasteiger partial charge on any atom is -0.347 e. The van der Waals surface area contributed by atoms with E-state index >= 15 is 0 Å². The van der Waals surface area contributed by atoms with Gasteiger partial charge in [0.1, 0.15) is 0 Å². The second-order valence-electron chi connectivity index (χ2n) is 3.39. The normalized spacial score (nSPS) is 20.6. The van der Waals surface area contributed by atoms with E-state index < -0.39 is 0 Å². The van der Waals surface area contributed by atoms with Gasteiger partial charge in [-0.1, -0.05) is 0 Å². The van der Waals surface area contributed by atoms with Gasteiger partial charge < -0.3 is 10.2 Å². The molecule has 0 atom stereocenters. The molecule has 0 aliphatic heterocycles. The number of amides is 1. The van der Waals surface area contributed by atoms with E-state index in [2.05, 4.69) is 5.32 Å². The van der Waals surface area contributed by atoms with E-state index in [4.69, 9.17) is 0 Å². The smallest absolute Gasteiger partial charge is 0.242 e. The minimum atomic E-state index is -0.219. The molecule has 0 spiro atoms. The van der Waals surface area contributed by atoms with E-state index in [0.717, 1.165) is 12.8 Å². The van der Waals surface area contributed by atoms with Crippen LogP contribution in [0.3, 0.4) is 0 Å². The molecule has 0 aromatic carbocycles. The molecule has 1 fully saturated rings. The maximum atomic E-state index is 11.5. The van der Waals surface area contributed by atoms with Crippen LogP contribution < -0.4 is 5.32 Å². The van der Waals surface area contributed by atoms with Crippen LogP contribution in [0.1, 0.15) is 19.3 Å². The fourth-order valence-corrected chi connectivity index (χ4v) is 1.53. The van der Waals surface area contributed by atoms with Crippen molar-refractivity contribution in [3.05, 3.63) is 0 Å². The quantitative estimate of drug-likeness (QED) is 0.620. The van der Waals surface area contributed by atoms with Crippen molar-refractivity contribution in [3.8, 4) is 0 Å². The number of hydrogen-bond donors (Lipinski definition) is 1. The largest absolute Gasteiger partial charge is 0.347 e. The molecule has 1 N–H and O–H groups in total. The maximum Gasteiger partial charge on any atom is 0.242 e. The summed E-state index contributed by atoms with van der Waals surface area (Å²) in [6.45, 7) is 0. The lowest BCUT2D eigenvalue weighted by Gasteiger charge is -2.41. The zero-order chi connectivity index (χ0) is 8.48. The lowest BCUT2D eigenvalue weighted by Crippen LogP contribution is -2.59. The molecule has 0 bridgehead atoms. The summed E-state index contributed by atoms with van der Waals surface area (Å²) in [7, 11) is 5.47. The highest BCUT2D eigenvalue weighted by Gasteiger charge is 2.43. The van der Waals surface area contributed by atoms with Crippen LogP contribution in [0.4, 0.5) is 0 Å². The monoisotopic (exact) mass is 156 g/mol. The van der Waals surface area contributed by atoms with E-state index in [1.165, 1.54) is 6.42 Å². The van der Waals surface area contributed by atoms with Crippen LogP contribution in [0.5, 0.6) is 0 Å². The summed E-state index contributed by atoms with van der Waals surface area (Å²) in [4.78, 5) is 13.2. The zero-order valence-electron chi connectivity index (χ0n) is 7.48. The molecule has 0 unspecified atom stereocenters. The van der Waals surface area contributed by atoms with Gasteiger partial charge in [-0.15, -0.1) is 0 Å². The number of likely N-dealkylation sites (N-methyl/N-ethyl adjacent to an activating group) is 2. The molecule has 11 heavy (non-hydrogen) atoms. The number of carbonyl (C=O) groups excluding carboxylic acids is 1. The van der Waals surface area contributed by atoms with Gasteiger partial charge in [-0.2, -0.15) is 0 Å². The first kappa shape index (κ1) is 8.53. The molecule has 0 saturated heterocycles. The Bertz CT molecular complexity index is 156. The van der Waals surface area contributed by atoms with Crippen molar-refractivity contribution < 1.29 is 4.79 Å². The molecule has 1 aliphatic rings. The van der Waals surface area contributed by atoms with E-state index in [0.29, 0.717) is 0 Å². The van der Waals surface area contributed by atoms with Crippen LogP contribution in [-0.4, -0.2) is 37.5 Å². The van der Waals surface area contributed by atoms with Crippen molar-refractivity contribution in [2.45, 2.75) is 24.8 Å². The number of hydrogen-bond acceptors (Lipinski definition) is 2. The Hall–Kier alpha value is -0.570. The van der Waals surface area contributed by atoms with Crippen LogP contribution >= 0.6 is 0 Å². The van der Waals surface area contributed by atoms with Gasteiger partial charge in [0.05, 0.1) is 5.54 Å². The first-order chi connectivity index (χ1) is 5.12. The Kier molecular flexibility index (Phi) is 2.18. The molecule has 3 heteroatoms. The van der Waals surface area contributed by atoms with Gasteiger partial charge in [0.2, 0.25) is 5.91 Å². The molecule has 1 saturated carbocycles. The summed E-state index contributed by atoms with van der Waals surface area (Å²) < 4.78 is 0. The molecule has 1 rings (SSSR count). The third kappa shape index (κ3) is 1.25. The predicted molar refractivity (Wildman–Crippen MR) is 44.3 cm³/mol. The average molecular weight is 156 g/mol. The van der Waals surface area contributed by atoms with Crippen LogP contribution in [0.15, 0.2) is 0 Å². The highest BCUT2D eigenvalue weighted by atomic mass is 16.2.